The van der Waals surface area contributed by atoms with Crippen LogP contribution >= 0.6 is 0 Å². The van der Waals surface area contributed by atoms with Crippen LogP contribution in [0.5, 0.6) is 0 Å². The number of hydrogen-bond acceptors (Lipinski definition) is 4. The third kappa shape index (κ3) is 3.88. The zero-order chi connectivity index (χ0) is 18.4. The van der Waals surface area contributed by atoms with Gasteiger partial charge >= 0.3 is 43.7 Å². The van der Waals surface area contributed by atoms with Gasteiger partial charge in [-0.1, -0.05) is 6.92 Å². The summed E-state index contributed by atoms with van der Waals surface area (Å²) in [7, 11) is 0. The van der Waals surface area contributed by atoms with E-state index in [9.17, 15) is 19.1 Å². The van der Waals surface area contributed by atoms with Gasteiger partial charge < -0.3 is 19.5 Å². The number of aromatic nitrogens is 1. The summed E-state index contributed by atoms with van der Waals surface area (Å²) in [6.07, 6.45) is 3.30. The van der Waals surface area contributed by atoms with Gasteiger partial charge in [0.25, 0.3) is 0 Å². The van der Waals surface area contributed by atoms with E-state index in [1.165, 1.54) is 12.3 Å². The maximum atomic E-state index is 14.8. The van der Waals surface area contributed by atoms with E-state index in [0.29, 0.717) is 11.2 Å². The molecule has 1 saturated heterocycles. The zero-order valence-electron chi connectivity index (χ0n) is 14.7. The van der Waals surface area contributed by atoms with Crippen LogP contribution in [0.1, 0.15) is 36.2 Å². The number of benzene rings is 1. The van der Waals surface area contributed by atoms with Crippen molar-refractivity contribution in [2.75, 3.05) is 37.6 Å². The summed E-state index contributed by atoms with van der Waals surface area (Å²) in [5, 5.41) is 9.45. The zero-order valence-corrected chi connectivity index (χ0v) is 14.7. The number of nitrogens with zero attached hydrogens (tertiary/aromatic N) is 3. The van der Waals surface area contributed by atoms with E-state index in [2.05, 4.69) is 11.8 Å². The molecule has 0 unspecified atom stereocenters. The standard InChI is InChI=1S/C19H22FN3O3.Ca.2H/c1-2-21-5-7-22(8-6-21)17-10-16-13(9-15(17)20)18(24)14(19(25)26)11-23(16)12-3-4-12;;;/h9-12H,2-8H2,1H3,(H,25,26);;;. The van der Waals surface area contributed by atoms with E-state index < -0.39 is 17.2 Å². The molecule has 1 aliphatic heterocycles. The molecule has 1 aromatic carbocycles. The molecular formula is C19H24CaFN3O3. The third-order valence-corrected chi connectivity index (χ3v) is 5.43. The number of hydrogen-bond donors (Lipinski definition) is 1. The van der Waals surface area contributed by atoms with Crippen molar-refractivity contribution >= 4 is 60.3 Å². The number of pyridine rings is 1. The van der Waals surface area contributed by atoms with Crippen LogP contribution in [0.2, 0.25) is 0 Å². The van der Waals surface area contributed by atoms with Crippen LogP contribution < -0.4 is 10.3 Å². The van der Waals surface area contributed by atoms with Gasteiger partial charge in [-0.2, -0.15) is 0 Å². The minimum atomic E-state index is -1.27. The molecule has 2 fully saturated rings. The first-order valence-corrected chi connectivity index (χ1v) is 9.08. The number of likely N-dealkylation sites (N-methyl/N-ethyl adjacent to an activating group) is 1. The fraction of sp³-hybridized carbons (Fsp3) is 0.474. The van der Waals surface area contributed by atoms with Crippen molar-refractivity contribution in [1.82, 2.24) is 9.47 Å². The number of anilines is 1. The Bertz CT molecular complexity index is 934. The molecule has 0 atom stereocenters. The molecular weight excluding hydrogens is 377 g/mol. The first kappa shape index (κ1) is 20.6. The molecule has 1 aromatic heterocycles. The molecule has 27 heavy (non-hydrogen) atoms. The average Bonchev–Trinajstić information content (AvgIpc) is 3.47. The molecule has 2 aliphatic rings. The second-order valence-electron chi connectivity index (χ2n) is 7.06. The second kappa shape index (κ2) is 8.07. The van der Waals surface area contributed by atoms with Gasteiger partial charge in [0, 0.05) is 43.8 Å². The van der Waals surface area contributed by atoms with Crippen molar-refractivity contribution in [3.63, 3.8) is 0 Å². The molecule has 2 aromatic rings. The maximum absolute atomic E-state index is 14.8. The van der Waals surface area contributed by atoms with Crippen LogP contribution in [0.4, 0.5) is 10.1 Å². The summed E-state index contributed by atoms with van der Waals surface area (Å²) in [6, 6.07) is 3.12. The monoisotopic (exact) mass is 401 g/mol. The Labute approximate surface area is 186 Å². The van der Waals surface area contributed by atoms with E-state index in [-0.39, 0.29) is 54.7 Å². The van der Waals surface area contributed by atoms with Crippen molar-refractivity contribution in [1.29, 1.82) is 0 Å². The van der Waals surface area contributed by atoms with Gasteiger partial charge in [0.15, 0.2) is 0 Å². The Morgan fingerprint density at radius 3 is 2.44 bits per heavy atom. The van der Waals surface area contributed by atoms with E-state index >= 15 is 0 Å². The SMILES string of the molecule is CCN1CCN(c2cc3c(cc2F)c(=O)c(C(=O)O)cn3C2CC2)CC1.[CaH2]. The first-order chi connectivity index (χ1) is 12.5. The Morgan fingerprint density at radius 2 is 1.89 bits per heavy atom. The molecule has 142 valence electrons. The molecule has 1 aliphatic carbocycles. The van der Waals surface area contributed by atoms with Crippen LogP contribution in [0.25, 0.3) is 10.9 Å². The first-order valence-electron chi connectivity index (χ1n) is 9.08. The van der Waals surface area contributed by atoms with Crippen LogP contribution in [-0.2, 0) is 0 Å². The Balaban J connectivity index is 0.00000210. The van der Waals surface area contributed by atoms with Gasteiger partial charge in [0.1, 0.15) is 11.4 Å². The molecule has 4 rings (SSSR count). The van der Waals surface area contributed by atoms with E-state index in [1.54, 1.807) is 6.07 Å². The fourth-order valence-electron chi connectivity index (χ4n) is 3.71. The molecule has 0 radical (unpaired) electrons. The molecule has 1 N–H and O–H groups in total. The summed E-state index contributed by atoms with van der Waals surface area (Å²) in [4.78, 5) is 28.2. The number of carboxylic acids is 1. The molecule has 1 saturated carbocycles. The van der Waals surface area contributed by atoms with Gasteiger partial charge in [-0.25, -0.2) is 9.18 Å². The molecule has 8 heteroatoms. The second-order valence-corrected chi connectivity index (χ2v) is 7.06. The summed E-state index contributed by atoms with van der Waals surface area (Å²) < 4.78 is 16.6. The van der Waals surface area contributed by atoms with Crippen molar-refractivity contribution in [3.8, 4) is 0 Å². The number of carboxylic acid groups (broad SMARTS) is 1. The quantitative estimate of drug-likeness (QED) is 0.785. The van der Waals surface area contributed by atoms with Gasteiger partial charge in [-0.05, 0) is 31.5 Å². The van der Waals surface area contributed by atoms with Crippen LogP contribution in [-0.4, -0.2) is 91.0 Å². The van der Waals surface area contributed by atoms with E-state index in [4.69, 9.17) is 0 Å². The number of rotatable bonds is 4. The third-order valence-electron chi connectivity index (χ3n) is 5.43. The Kier molecular flexibility index (Phi) is 6.15. The minimum absolute atomic E-state index is 0. The summed E-state index contributed by atoms with van der Waals surface area (Å²) in [5.74, 6) is -1.74. The number of aromatic carboxylic acids is 1. The Hall–Kier alpha value is -1.15. The number of halogens is 1. The predicted molar refractivity (Wildman–Crippen MR) is 106 cm³/mol. The molecule has 0 bridgehead atoms. The normalized spacial score (nSPS) is 17.8. The van der Waals surface area contributed by atoms with Crippen molar-refractivity contribution < 1.29 is 14.3 Å². The van der Waals surface area contributed by atoms with Gasteiger partial charge in [-0.3, -0.25) is 4.79 Å². The van der Waals surface area contributed by atoms with E-state index in [1.807, 2.05) is 9.47 Å². The molecule has 0 spiro atoms. The Morgan fingerprint density at radius 1 is 1.22 bits per heavy atom. The summed E-state index contributed by atoms with van der Waals surface area (Å²) in [6.45, 7) is 6.31. The molecule has 2 heterocycles. The number of fused-ring (bicyclic) bond motifs is 1. The van der Waals surface area contributed by atoms with Crippen LogP contribution in [0, 0.1) is 5.82 Å². The average molecular weight is 401 g/mol. The number of carbonyl (C=O) groups is 1. The van der Waals surface area contributed by atoms with Gasteiger partial charge in [0.2, 0.25) is 5.43 Å². The van der Waals surface area contributed by atoms with Gasteiger partial charge in [0.05, 0.1) is 11.2 Å². The van der Waals surface area contributed by atoms with Crippen LogP contribution in [0.15, 0.2) is 23.1 Å². The van der Waals surface area contributed by atoms with Crippen molar-refractivity contribution in [2.45, 2.75) is 25.8 Å². The number of piperazine rings is 1. The van der Waals surface area contributed by atoms with E-state index in [0.717, 1.165) is 45.6 Å². The topological polar surface area (TPSA) is 65.8 Å². The molecule has 6 nitrogen and oxygen atoms in total. The van der Waals surface area contributed by atoms with Crippen molar-refractivity contribution in [3.05, 3.63) is 39.9 Å². The fourth-order valence-corrected chi connectivity index (χ4v) is 3.71. The predicted octanol–water partition coefficient (Wildman–Crippen LogP) is 1.40. The van der Waals surface area contributed by atoms with Crippen molar-refractivity contribution in [2.24, 2.45) is 0 Å². The molecule has 0 amide bonds. The van der Waals surface area contributed by atoms with Crippen LogP contribution in [0.3, 0.4) is 0 Å². The summed E-state index contributed by atoms with van der Waals surface area (Å²) in [5.41, 5.74) is 0.195. The summed E-state index contributed by atoms with van der Waals surface area (Å²) >= 11 is 0. The van der Waals surface area contributed by atoms with Gasteiger partial charge in [-0.15, -0.1) is 0 Å².